The number of nitrogens with one attached hydrogen (secondary N) is 1. The number of rotatable bonds is 6. The second-order valence-corrected chi connectivity index (χ2v) is 7.07. The molecule has 7 heteroatoms. The minimum absolute atomic E-state index is 0.0116. The van der Waals surface area contributed by atoms with Gasteiger partial charge in [0.05, 0.1) is 18.0 Å². The number of carbonyl (C=O) groups is 2. The molecule has 2 aromatic rings. The Labute approximate surface area is 164 Å². The fourth-order valence-corrected chi connectivity index (χ4v) is 3.72. The van der Waals surface area contributed by atoms with Crippen LogP contribution in [0.1, 0.15) is 37.5 Å². The summed E-state index contributed by atoms with van der Waals surface area (Å²) in [5, 5.41) is 8.64. The van der Waals surface area contributed by atoms with Gasteiger partial charge in [-0.3, -0.25) is 14.5 Å². The molecular formula is C21H24N4O3. The molecule has 0 bridgehead atoms. The van der Waals surface area contributed by atoms with Crippen molar-refractivity contribution in [3.05, 3.63) is 54.5 Å². The molecule has 2 amide bonds. The van der Waals surface area contributed by atoms with E-state index in [0.29, 0.717) is 24.4 Å². The number of hydrazone groups is 1. The van der Waals surface area contributed by atoms with Crippen LogP contribution in [0.2, 0.25) is 0 Å². The second-order valence-electron chi connectivity index (χ2n) is 7.07. The minimum Gasteiger partial charge on any atom is -0.468 e. The van der Waals surface area contributed by atoms with Gasteiger partial charge in [0, 0.05) is 19.4 Å². The molecule has 1 fully saturated rings. The predicted molar refractivity (Wildman–Crippen MR) is 106 cm³/mol. The maximum atomic E-state index is 12.7. The Morgan fingerprint density at radius 2 is 1.89 bits per heavy atom. The number of para-hydroxylation sites is 1. The van der Waals surface area contributed by atoms with E-state index in [9.17, 15) is 9.59 Å². The SMILES string of the molecule is O=C(NCC(c1ccco1)N1CCCC1)C1=NN(c2ccccc2)C(=O)CC1. The first-order valence-electron chi connectivity index (χ1n) is 9.73. The molecule has 2 aliphatic heterocycles. The average molecular weight is 380 g/mol. The number of amides is 2. The summed E-state index contributed by atoms with van der Waals surface area (Å²) in [6.45, 7) is 2.45. The number of likely N-dealkylation sites (tertiary alicyclic amines) is 1. The Morgan fingerprint density at radius 1 is 1.11 bits per heavy atom. The highest BCUT2D eigenvalue weighted by Gasteiger charge is 2.29. The second kappa shape index (κ2) is 8.39. The lowest BCUT2D eigenvalue weighted by molar-refractivity contribution is -0.119. The van der Waals surface area contributed by atoms with Gasteiger partial charge in [-0.1, -0.05) is 18.2 Å². The maximum absolute atomic E-state index is 12.7. The highest BCUT2D eigenvalue weighted by Crippen LogP contribution is 2.25. The lowest BCUT2D eigenvalue weighted by Gasteiger charge is -2.27. The average Bonchev–Trinajstić information content (AvgIpc) is 3.44. The number of nitrogens with zero attached hydrogens (tertiary/aromatic N) is 3. The molecule has 1 N–H and O–H groups in total. The molecule has 146 valence electrons. The number of carbonyl (C=O) groups excluding carboxylic acids is 2. The third kappa shape index (κ3) is 3.99. The van der Waals surface area contributed by atoms with Crippen molar-refractivity contribution in [3.8, 4) is 0 Å². The summed E-state index contributed by atoms with van der Waals surface area (Å²) in [5.41, 5.74) is 1.05. The van der Waals surface area contributed by atoms with Crippen molar-refractivity contribution in [2.45, 2.75) is 31.7 Å². The topological polar surface area (TPSA) is 78.2 Å². The first-order valence-corrected chi connectivity index (χ1v) is 9.73. The summed E-state index contributed by atoms with van der Waals surface area (Å²) in [5.74, 6) is 0.520. The van der Waals surface area contributed by atoms with Gasteiger partial charge in [-0.15, -0.1) is 0 Å². The van der Waals surface area contributed by atoms with Crippen molar-refractivity contribution >= 4 is 23.2 Å². The van der Waals surface area contributed by atoms with Gasteiger partial charge in [0.15, 0.2) is 0 Å². The van der Waals surface area contributed by atoms with E-state index >= 15 is 0 Å². The number of anilines is 1. The van der Waals surface area contributed by atoms with Gasteiger partial charge < -0.3 is 9.73 Å². The van der Waals surface area contributed by atoms with E-state index < -0.39 is 0 Å². The van der Waals surface area contributed by atoms with E-state index in [0.717, 1.165) is 31.7 Å². The Kier molecular flexibility index (Phi) is 5.53. The maximum Gasteiger partial charge on any atom is 0.267 e. The number of furan rings is 1. The van der Waals surface area contributed by atoms with E-state index in [4.69, 9.17) is 4.42 Å². The van der Waals surface area contributed by atoms with Crippen LogP contribution in [0.5, 0.6) is 0 Å². The molecule has 0 spiro atoms. The van der Waals surface area contributed by atoms with Gasteiger partial charge >= 0.3 is 0 Å². The fraction of sp³-hybridized carbons (Fsp3) is 0.381. The predicted octanol–water partition coefficient (Wildman–Crippen LogP) is 2.72. The van der Waals surface area contributed by atoms with Crippen LogP contribution in [0.15, 0.2) is 58.2 Å². The van der Waals surface area contributed by atoms with E-state index in [2.05, 4.69) is 15.3 Å². The lowest BCUT2D eigenvalue weighted by Crippen LogP contribution is -2.42. The van der Waals surface area contributed by atoms with Gasteiger partial charge in [0.2, 0.25) is 5.91 Å². The van der Waals surface area contributed by atoms with Crippen LogP contribution in [0.4, 0.5) is 5.69 Å². The zero-order valence-electron chi connectivity index (χ0n) is 15.7. The molecule has 3 heterocycles. The van der Waals surface area contributed by atoms with Gasteiger partial charge in [-0.05, 0) is 50.2 Å². The third-order valence-electron chi connectivity index (χ3n) is 5.20. The van der Waals surface area contributed by atoms with E-state index in [1.165, 1.54) is 5.01 Å². The molecule has 1 unspecified atom stereocenters. The zero-order valence-corrected chi connectivity index (χ0v) is 15.7. The first kappa shape index (κ1) is 18.4. The Balaban J connectivity index is 1.45. The monoisotopic (exact) mass is 380 g/mol. The van der Waals surface area contributed by atoms with Gasteiger partial charge in [-0.2, -0.15) is 5.10 Å². The molecule has 0 saturated carbocycles. The molecule has 2 aliphatic rings. The largest absolute Gasteiger partial charge is 0.468 e. The summed E-state index contributed by atoms with van der Waals surface area (Å²) >= 11 is 0. The van der Waals surface area contributed by atoms with Crippen LogP contribution in [-0.2, 0) is 9.59 Å². The first-order chi connectivity index (χ1) is 13.7. The normalized spacial score (nSPS) is 18.8. The zero-order chi connectivity index (χ0) is 19.3. The molecule has 1 aromatic carbocycles. The number of hydrogen-bond donors (Lipinski definition) is 1. The van der Waals surface area contributed by atoms with Crippen LogP contribution in [0.25, 0.3) is 0 Å². The molecular weight excluding hydrogens is 356 g/mol. The molecule has 28 heavy (non-hydrogen) atoms. The minimum atomic E-state index is -0.232. The number of benzene rings is 1. The van der Waals surface area contributed by atoms with E-state index in [1.807, 2.05) is 42.5 Å². The molecule has 0 aliphatic carbocycles. The molecule has 1 saturated heterocycles. The van der Waals surface area contributed by atoms with Gasteiger partial charge in [0.1, 0.15) is 11.5 Å². The fourth-order valence-electron chi connectivity index (χ4n) is 3.72. The summed E-state index contributed by atoms with van der Waals surface area (Å²) in [7, 11) is 0. The Bertz CT molecular complexity index is 842. The molecule has 7 nitrogen and oxygen atoms in total. The van der Waals surface area contributed by atoms with Crippen molar-refractivity contribution in [1.82, 2.24) is 10.2 Å². The Hall–Kier alpha value is -2.93. The Morgan fingerprint density at radius 3 is 2.61 bits per heavy atom. The highest BCUT2D eigenvalue weighted by molar-refractivity contribution is 6.40. The summed E-state index contributed by atoms with van der Waals surface area (Å²) in [6, 6.07) is 13.0. The molecule has 1 aromatic heterocycles. The highest BCUT2D eigenvalue weighted by atomic mass is 16.3. The van der Waals surface area contributed by atoms with Crippen molar-refractivity contribution in [1.29, 1.82) is 0 Å². The van der Waals surface area contributed by atoms with Crippen LogP contribution in [0, 0.1) is 0 Å². The molecule has 0 radical (unpaired) electrons. The summed E-state index contributed by atoms with van der Waals surface area (Å²) in [4.78, 5) is 27.3. The summed E-state index contributed by atoms with van der Waals surface area (Å²) in [6.07, 6.45) is 4.60. The van der Waals surface area contributed by atoms with Crippen molar-refractivity contribution in [3.63, 3.8) is 0 Å². The summed E-state index contributed by atoms with van der Waals surface area (Å²) < 4.78 is 5.60. The quantitative estimate of drug-likeness (QED) is 0.836. The van der Waals surface area contributed by atoms with Crippen LogP contribution in [0.3, 0.4) is 0 Å². The number of hydrogen-bond acceptors (Lipinski definition) is 5. The van der Waals surface area contributed by atoms with Gasteiger partial charge in [0.25, 0.3) is 5.91 Å². The molecule has 4 rings (SSSR count). The van der Waals surface area contributed by atoms with Crippen molar-refractivity contribution in [2.24, 2.45) is 5.10 Å². The van der Waals surface area contributed by atoms with Crippen molar-refractivity contribution in [2.75, 3.05) is 24.6 Å². The van der Waals surface area contributed by atoms with Crippen LogP contribution < -0.4 is 10.3 Å². The van der Waals surface area contributed by atoms with E-state index in [-0.39, 0.29) is 24.3 Å². The van der Waals surface area contributed by atoms with E-state index in [1.54, 1.807) is 6.26 Å². The lowest BCUT2D eigenvalue weighted by atomic mass is 10.1. The van der Waals surface area contributed by atoms with Gasteiger partial charge in [-0.25, -0.2) is 5.01 Å². The van der Waals surface area contributed by atoms with Crippen LogP contribution >= 0.6 is 0 Å². The third-order valence-corrected chi connectivity index (χ3v) is 5.20. The molecule has 1 atom stereocenters. The standard InChI is InChI=1S/C21H24N4O3/c26-20-11-10-17(23-25(20)16-7-2-1-3-8-16)21(27)22-15-18(19-9-6-14-28-19)24-12-4-5-13-24/h1-3,6-9,14,18H,4-5,10-13,15H2,(H,22,27). The van der Waals surface area contributed by atoms with Crippen molar-refractivity contribution < 1.29 is 14.0 Å². The van der Waals surface area contributed by atoms with Crippen LogP contribution in [-0.4, -0.2) is 42.1 Å². The smallest absolute Gasteiger partial charge is 0.267 e.